The number of carboxylic acid groups (broad SMARTS) is 1. The Bertz CT molecular complexity index is 1590. The fourth-order valence-electron chi connectivity index (χ4n) is 4.54. The molecule has 0 radical (unpaired) electrons. The van der Waals surface area contributed by atoms with Crippen molar-refractivity contribution in [1.29, 1.82) is 0 Å². The zero-order valence-electron chi connectivity index (χ0n) is 21.9. The SMILES string of the molecule is Nc1cc(O)cc(-c2nc3c(C4CCN(C(=O)c5ccc(OC(F)(F)F)cc5)CC4)ccnc3[nH]2)c1.O=C(O)C(F)(F)F. The number of ether oxygens (including phenoxy) is 1. The highest BCUT2D eigenvalue weighted by molar-refractivity contribution is 5.94. The van der Waals surface area contributed by atoms with Crippen LogP contribution >= 0.6 is 0 Å². The first kappa shape index (κ1) is 30.9. The minimum atomic E-state index is -5.08. The van der Waals surface area contributed by atoms with Crippen molar-refractivity contribution in [1.82, 2.24) is 19.9 Å². The van der Waals surface area contributed by atoms with Crippen molar-refractivity contribution in [2.24, 2.45) is 0 Å². The minimum Gasteiger partial charge on any atom is -0.508 e. The van der Waals surface area contributed by atoms with E-state index in [1.165, 1.54) is 18.2 Å². The Balaban J connectivity index is 0.000000541. The van der Waals surface area contributed by atoms with E-state index in [4.69, 9.17) is 20.6 Å². The largest absolute Gasteiger partial charge is 0.573 e. The van der Waals surface area contributed by atoms with Gasteiger partial charge in [0.05, 0.1) is 0 Å². The molecular weight excluding hydrogens is 588 g/mol. The molecule has 0 unspecified atom stereocenters. The third-order valence-corrected chi connectivity index (χ3v) is 6.43. The first-order valence-corrected chi connectivity index (χ1v) is 12.5. The Hall–Kier alpha value is -5.02. The smallest absolute Gasteiger partial charge is 0.508 e. The number of anilines is 1. The zero-order chi connectivity index (χ0) is 31.5. The van der Waals surface area contributed by atoms with Gasteiger partial charge in [0.1, 0.15) is 22.8 Å². The molecule has 0 saturated carbocycles. The summed E-state index contributed by atoms with van der Waals surface area (Å²) in [5, 5.41) is 17.0. The van der Waals surface area contributed by atoms with Gasteiger partial charge in [0, 0.05) is 42.2 Å². The molecule has 5 rings (SSSR count). The monoisotopic (exact) mass is 611 g/mol. The Morgan fingerprint density at radius 3 is 2.19 bits per heavy atom. The molecule has 1 aliphatic heterocycles. The van der Waals surface area contributed by atoms with E-state index < -0.39 is 18.5 Å². The number of nitrogen functional groups attached to an aromatic ring is 1. The minimum absolute atomic E-state index is 0.0400. The van der Waals surface area contributed by atoms with Crippen molar-refractivity contribution in [2.75, 3.05) is 18.8 Å². The van der Waals surface area contributed by atoms with E-state index in [-0.39, 0.29) is 23.3 Å². The quantitative estimate of drug-likeness (QED) is 0.175. The summed E-state index contributed by atoms with van der Waals surface area (Å²) in [6.07, 6.45) is -6.77. The second-order valence-electron chi connectivity index (χ2n) is 9.44. The first-order chi connectivity index (χ1) is 20.1. The number of phenols is 1. The predicted octanol–water partition coefficient (Wildman–Crippen LogP) is 5.46. The number of benzene rings is 2. The van der Waals surface area contributed by atoms with Crippen LogP contribution < -0.4 is 10.5 Å². The number of hydrogen-bond donors (Lipinski definition) is 4. The molecule has 2 aromatic carbocycles. The van der Waals surface area contributed by atoms with Crippen LogP contribution in [0.3, 0.4) is 0 Å². The maximum Gasteiger partial charge on any atom is 0.573 e. The number of nitrogens with one attached hydrogen (secondary N) is 1. The van der Waals surface area contributed by atoms with Crippen molar-refractivity contribution in [3.05, 3.63) is 65.9 Å². The average molecular weight is 611 g/mol. The second-order valence-corrected chi connectivity index (χ2v) is 9.44. The van der Waals surface area contributed by atoms with Crippen molar-refractivity contribution < 1.29 is 50.9 Å². The van der Waals surface area contributed by atoms with E-state index in [1.54, 1.807) is 23.2 Å². The summed E-state index contributed by atoms with van der Waals surface area (Å²) in [6, 6.07) is 11.6. The highest BCUT2D eigenvalue weighted by Gasteiger charge is 2.38. The number of carbonyl (C=O) groups is 2. The molecule has 4 aromatic rings. The van der Waals surface area contributed by atoms with Crippen LogP contribution in [-0.2, 0) is 4.79 Å². The Labute approximate surface area is 238 Å². The van der Waals surface area contributed by atoms with Crippen LogP contribution in [0.25, 0.3) is 22.6 Å². The number of amides is 1. The van der Waals surface area contributed by atoms with Crippen molar-refractivity contribution in [2.45, 2.75) is 31.3 Å². The summed E-state index contributed by atoms with van der Waals surface area (Å²) in [4.78, 5) is 35.7. The number of aromatic amines is 1. The lowest BCUT2D eigenvalue weighted by atomic mass is 9.89. The number of nitrogens with two attached hydrogens (primary N) is 1. The van der Waals surface area contributed by atoms with E-state index in [1.807, 2.05) is 6.07 Å². The summed E-state index contributed by atoms with van der Waals surface area (Å²) < 4.78 is 72.7. The molecule has 0 atom stereocenters. The number of nitrogens with zero attached hydrogens (tertiary/aromatic N) is 3. The highest BCUT2D eigenvalue weighted by Crippen LogP contribution is 2.34. The predicted molar refractivity (Wildman–Crippen MR) is 140 cm³/mol. The number of aliphatic carboxylic acids is 1. The standard InChI is InChI=1S/C25H22F3N5O3.C2HF3O2/c26-25(27,28)36-19-3-1-15(2-4-19)24(35)33-9-6-14(7-10-33)20-5-8-30-23-21(20)31-22(32-23)16-11-17(29)13-18(34)12-16;3-2(4,5)1(6)7/h1-5,8,11-14,34H,6-7,9-10,29H2,(H,30,31,32);(H,6,7). The molecule has 1 aliphatic rings. The third-order valence-electron chi connectivity index (χ3n) is 6.43. The molecule has 0 spiro atoms. The van der Waals surface area contributed by atoms with Gasteiger partial charge in [-0.3, -0.25) is 4.79 Å². The van der Waals surface area contributed by atoms with Gasteiger partial charge < -0.3 is 30.6 Å². The molecule has 10 nitrogen and oxygen atoms in total. The van der Waals surface area contributed by atoms with Gasteiger partial charge in [-0.1, -0.05) is 0 Å². The van der Waals surface area contributed by atoms with Crippen LogP contribution in [0.1, 0.15) is 34.7 Å². The van der Waals surface area contributed by atoms with Gasteiger partial charge in [-0.15, -0.1) is 13.2 Å². The summed E-state index contributed by atoms with van der Waals surface area (Å²) in [7, 11) is 0. The van der Waals surface area contributed by atoms with Crippen molar-refractivity contribution in [3.8, 4) is 22.9 Å². The number of fused-ring (bicyclic) bond motifs is 1. The number of halogens is 6. The number of aromatic nitrogens is 3. The average Bonchev–Trinajstić information content (AvgIpc) is 3.37. The van der Waals surface area contributed by atoms with E-state index in [0.717, 1.165) is 23.2 Å². The Morgan fingerprint density at radius 1 is 1.00 bits per heavy atom. The molecule has 1 saturated heterocycles. The summed E-state index contributed by atoms with van der Waals surface area (Å²) in [5.41, 5.74) is 9.55. The number of carbonyl (C=O) groups excluding carboxylic acids is 1. The summed E-state index contributed by atoms with van der Waals surface area (Å²) >= 11 is 0. The van der Waals surface area contributed by atoms with Crippen LogP contribution in [0.15, 0.2) is 54.7 Å². The molecule has 3 heterocycles. The lowest BCUT2D eigenvalue weighted by Crippen LogP contribution is -2.38. The molecule has 2 aromatic heterocycles. The molecule has 1 fully saturated rings. The molecule has 0 bridgehead atoms. The van der Waals surface area contributed by atoms with E-state index in [0.29, 0.717) is 54.2 Å². The fraction of sp³-hybridized carbons (Fsp3) is 0.259. The fourth-order valence-corrected chi connectivity index (χ4v) is 4.54. The maximum absolute atomic E-state index is 12.9. The Kier molecular flexibility index (Phi) is 8.68. The normalized spacial score (nSPS) is 14.2. The maximum atomic E-state index is 12.9. The van der Waals surface area contributed by atoms with Crippen LogP contribution in [0.4, 0.5) is 32.0 Å². The van der Waals surface area contributed by atoms with Crippen LogP contribution in [0.2, 0.25) is 0 Å². The number of carboxylic acids is 1. The van der Waals surface area contributed by atoms with Gasteiger partial charge in [-0.2, -0.15) is 13.2 Å². The number of phenolic OH excluding ortho intramolecular Hbond substituents is 1. The van der Waals surface area contributed by atoms with Crippen molar-refractivity contribution >= 4 is 28.7 Å². The lowest BCUT2D eigenvalue weighted by Gasteiger charge is -2.32. The van der Waals surface area contributed by atoms with Gasteiger partial charge in [-0.25, -0.2) is 14.8 Å². The van der Waals surface area contributed by atoms with Crippen molar-refractivity contribution in [3.63, 3.8) is 0 Å². The number of rotatable bonds is 4. The van der Waals surface area contributed by atoms with Gasteiger partial charge in [-0.05, 0) is 66.8 Å². The van der Waals surface area contributed by atoms with Gasteiger partial charge in [0.15, 0.2) is 5.65 Å². The topological polar surface area (TPSA) is 155 Å². The number of pyridine rings is 1. The number of hydrogen-bond acceptors (Lipinski definition) is 7. The first-order valence-electron chi connectivity index (χ1n) is 12.5. The third kappa shape index (κ3) is 7.84. The molecule has 5 N–H and O–H groups in total. The molecular formula is C27H23F6N5O5. The van der Waals surface area contributed by atoms with Crippen LogP contribution in [-0.4, -0.2) is 67.6 Å². The van der Waals surface area contributed by atoms with Gasteiger partial charge in [0.25, 0.3) is 5.91 Å². The van der Waals surface area contributed by atoms with E-state index >= 15 is 0 Å². The molecule has 16 heteroatoms. The van der Waals surface area contributed by atoms with Gasteiger partial charge >= 0.3 is 18.5 Å². The molecule has 228 valence electrons. The van der Waals surface area contributed by atoms with E-state index in [2.05, 4.69) is 14.7 Å². The highest BCUT2D eigenvalue weighted by atomic mass is 19.4. The number of piperidine rings is 1. The van der Waals surface area contributed by atoms with Gasteiger partial charge in [0.2, 0.25) is 0 Å². The second kappa shape index (κ2) is 12.1. The number of aromatic hydroxyl groups is 1. The lowest BCUT2D eigenvalue weighted by molar-refractivity contribution is -0.274. The molecule has 1 amide bonds. The number of imidazole rings is 1. The summed E-state index contributed by atoms with van der Waals surface area (Å²) in [5.74, 6) is -2.64. The Morgan fingerprint density at radius 2 is 1.63 bits per heavy atom. The van der Waals surface area contributed by atoms with E-state index in [9.17, 15) is 36.2 Å². The number of likely N-dealkylation sites (tertiary alicyclic amines) is 1. The number of alkyl halides is 6. The molecule has 0 aliphatic carbocycles. The van der Waals surface area contributed by atoms with Crippen LogP contribution in [0, 0.1) is 0 Å². The van der Waals surface area contributed by atoms with Crippen LogP contribution in [0.5, 0.6) is 11.5 Å². The summed E-state index contributed by atoms with van der Waals surface area (Å²) in [6.45, 7) is 0.989. The zero-order valence-corrected chi connectivity index (χ0v) is 21.9. The number of H-pyrrole nitrogens is 1. The molecule has 43 heavy (non-hydrogen) atoms.